The highest BCUT2D eigenvalue weighted by Gasteiger charge is 2.22. The first-order chi connectivity index (χ1) is 14.1. The number of rotatable bonds is 5. The van der Waals surface area contributed by atoms with E-state index in [1.165, 1.54) is 13.0 Å². The van der Waals surface area contributed by atoms with Crippen molar-refractivity contribution in [3.05, 3.63) is 56.8 Å². The number of primary amides is 1. The van der Waals surface area contributed by atoms with Gasteiger partial charge in [0, 0.05) is 11.4 Å². The summed E-state index contributed by atoms with van der Waals surface area (Å²) >= 11 is 12.4. The van der Waals surface area contributed by atoms with Gasteiger partial charge in [0.25, 0.3) is 5.91 Å². The molecule has 0 saturated heterocycles. The number of hydrogen-bond acceptors (Lipinski definition) is 5. The number of nitrogens with one attached hydrogen (secondary N) is 1. The van der Waals surface area contributed by atoms with Crippen molar-refractivity contribution in [1.29, 1.82) is 5.26 Å². The van der Waals surface area contributed by atoms with Crippen LogP contribution in [0.4, 0.5) is 4.79 Å². The zero-order valence-electron chi connectivity index (χ0n) is 16.3. The summed E-state index contributed by atoms with van der Waals surface area (Å²) in [6.45, 7) is 4.87. The van der Waals surface area contributed by atoms with Crippen LogP contribution >= 0.6 is 23.2 Å². The molecule has 0 fully saturated rings. The summed E-state index contributed by atoms with van der Waals surface area (Å²) in [6.07, 6.45) is 0.0256. The van der Waals surface area contributed by atoms with Crippen LogP contribution < -0.4 is 11.1 Å². The molecule has 1 aromatic heterocycles. The van der Waals surface area contributed by atoms with Gasteiger partial charge in [-0.05, 0) is 50.6 Å². The molecule has 0 unspecified atom stereocenters. The van der Waals surface area contributed by atoms with Crippen molar-refractivity contribution in [3.8, 4) is 11.8 Å². The third kappa shape index (κ3) is 5.00. The molecule has 1 heterocycles. The lowest BCUT2D eigenvalue weighted by Gasteiger charge is -2.12. The summed E-state index contributed by atoms with van der Waals surface area (Å²) in [4.78, 5) is 34.7. The number of nitriles is 1. The molecule has 156 valence electrons. The predicted octanol–water partition coefficient (Wildman–Crippen LogP) is 3.43. The lowest BCUT2D eigenvalue weighted by Crippen LogP contribution is -2.42. The summed E-state index contributed by atoms with van der Waals surface area (Å²) < 4.78 is 6.78. The van der Waals surface area contributed by atoms with E-state index in [0.29, 0.717) is 27.0 Å². The second-order valence-electron chi connectivity index (χ2n) is 6.31. The van der Waals surface area contributed by atoms with Crippen LogP contribution in [0.5, 0.6) is 0 Å². The quantitative estimate of drug-likeness (QED) is 0.411. The van der Waals surface area contributed by atoms with E-state index in [4.69, 9.17) is 33.7 Å². The van der Waals surface area contributed by atoms with E-state index >= 15 is 0 Å². The smallest absolute Gasteiger partial charge is 0.349 e. The van der Waals surface area contributed by atoms with Gasteiger partial charge in [0.1, 0.15) is 11.6 Å². The third-order valence-electron chi connectivity index (χ3n) is 4.18. The van der Waals surface area contributed by atoms with Crippen LogP contribution in [0.1, 0.15) is 23.9 Å². The number of nitrogens with two attached hydrogens (primary N) is 1. The van der Waals surface area contributed by atoms with Crippen LogP contribution in [-0.2, 0) is 14.3 Å². The number of imide groups is 1. The number of nitrogens with zero attached hydrogens (tertiary/aromatic N) is 2. The number of carbonyl (C=O) groups is 3. The van der Waals surface area contributed by atoms with E-state index < -0.39 is 24.0 Å². The maximum absolute atomic E-state index is 12.3. The van der Waals surface area contributed by atoms with E-state index in [1.807, 2.05) is 11.5 Å². The van der Waals surface area contributed by atoms with E-state index in [2.05, 4.69) is 0 Å². The van der Waals surface area contributed by atoms with Gasteiger partial charge in [0.2, 0.25) is 0 Å². The number of aryl methyl sites for hydroxylation is 1. The van der Waals surface area contributed by atoms with Gasteiger partial charge < -0.3 is 15.0 Å². The average molecular weight is 449 g/mol. The topological polar surface area (TPSA) is 127 Å². The predicted molar refractivity (Wildman–Crippen MR) is 112 cm³/mol. The van der Waals surface area contributed by atoms with Crippen LogP contribution in [0.15, 0.2) is 29.8 Å². The number of amides is 3. The lowest BCUT2D eigenvalue weighted by molar-refractivity contribution is -0.150. The molecule has 0 aliphatic heterocycles. The van der Waals surface area contributed by atoms with Gasteiger partial charge in [-0.15, -0.1) is 0 Å². The fourth-order valence-electron chi connectivity index (χ4n) is 2.76. The van der Waals surface area contributed by atoms with Gasteiger partial charge in [-0.1, -0.05) is 29.3 Å². The molecule has 10 heteroatoms. The lowest BCUT2D eigenvalue weighted by atomic mass is 10.1. The molecule has 30 heavy (non-hydrogen) atoms. The highest BCUT2D eigenvalue weighted by molar-refractivity contribution is 6.43. The van der Waals surface area contributed by atoms with E-state index in [9.17, 15) is 19.6 Å². The number of esters is 1. The first-order valence-electron chi connectivity index (χ1n) is 8.63. The SMILES string of the molecule is Cc1cc(/C=C(\C#N)C(=O)O[C@H](C)C(=O)NC(N)=O)c(C)n1-c1cccc(Cl)c1Cl. The van der Waals surface area contributed by atoms with Crippen LogP contribution in [-0.4, -0.2) is 28.6 Å². The Morgan fingerprint density at radius 1 is 1.30 bits per heavy atom. The Labute approximate surface area is 182 Å². The van der Waals surface area contributed by atoms with Gasteiger partial charge in [-0.3, -0.25) is 10.1 Å². The highest BCUT2D eigenvalue weighted by atomic mass is 35.5. The summed E-state index contributed by atoms with van der Waals surface area (Å²) in [5, 5.41) is 11.9. The maximum atomic E-state index is 12.3. The van der Waals surface area contributed by atoms with E-state index in [-0.39, 0.29) is 5.57 Å². The Balaban J connectivity index is 2.36. The first kappa shape index (κ1) is 23.0. The van der Waals surface area contributed by atoms with Gasteiger partial charge in [-0.25, -0.2) is 9.59 Å². The van der Waals surface area contributed by atoms with Crippen molar-refractivity contribution in [2.24, 2.45) is 5.73 Å². The summed E-state index contributed by atoms with van der Waals surface area (Å²) in [6, 6.07) is 7.66. The monoisotopic (exact) mass is 448 g/mol. The van der Waals surface area contributed by atoms with Crippen molar-refractivity contribution in [3.63, 3.8) is 0 Å². The Morgan fingerprint density at radius 2 is 1.97 bits per heavy atom. The van der Waals surface area contributed by atoms with Gasteiger partial charge >= 0.3 is 12.0 Å². The fraction of sp³-hybridized carbons (Fsp3) is 0.200. The molecule has 0 aliphatic rings. The normalized spacial score (nSPS) is 12.1. The van der Waals surface area contributed by atoms with Crippen molar-refractivity contribution in [2.75, 3.05) is 0 Å². The summed E-state index contributed by atoms with van der Waals surface area (Å²) in [5.74, 6) is -1.92. The zero-order chi connectivity index (χ0) is 22.6. The molecule has 0 bridgehead atoms. The zero-order valence-corrected chi connectivity index (χ0v) is 17.8. The third-order valence-corrected chi connectivity index (χ3v) is 4.99. The Kier molecular flexibility index (Phi) is 7.27. The van der Waals surface area contributed by atoms with Crippen molar-refractivity contribution < 1.29 is 19.1 Å². The molecule has 0 aliphatic carbocycles. The molecule has 2 rings (SSSR count). The molecule has 3 N–H and O–H groups in total. The molecule has 3 amide bonds. The number of carbonyl (C=O) groups excluding carboxylic acids is 3. The molecule has 8 nitrogen and oxygen atoms in total. The number of hydrogen-bond donors (Lipinski definition) is 2. The second-order valence-corrected chi connectivity index (χ2v) is 7.09. The van der Waals surface area contributed by atoms with Gasteiger partial charge in [0.05, 0.1) is 15.7 Å². The number of benzene rings is 1. The number of ether oxygens (including phenoxy) is 1. The molecule has 0 saturated carbocycles. The largest absolute Gasteiger partial charge is 0.448 e. The van der Waals surface area contributed by atoms with Crippen LogP contribution in [0.3, 0.4) is 0 Å². The summed E-state index contributed by atoms with van der Waals surface area (Å²) in [5.41, 5.74) is 7.25. The Hall–Kier alpha value is -3.28. The van der Waals surface area contributed by atoms with Crippen LogP contribution in [0, 0.1) is 25.2 Å². The molecule has 0 spiro atoms. The van der Waals surface area contributed by atoms with E-state index in [1.54, 1.807) is 42.6 Å². The van der Waals surface area contributed by atoms with Gasteiger partial charge in [0.15, 0.2) is 6.10 Å². The molecule has 1 aromatic carbocycles. The fourth-order valence-corrected chi connectivity index (χ4v) is 3.14. The van der Waals surface area contributed by atoms with Crippen molar-refractivity contribution >= 4 is 47.2 Å². The van der Waals surface area contributed by atoms with Crippen LogP contribution in [0.25, 0.3) is 11.8 Å². The minimum atomic E-state index is -1.32. The molecule has 2 aromatic rings. The maximum Gasteiger partial charge on any atom is 0.349 e. The first-order valence-corrected chi connectivity index (χ1v) is 9.38. The molecular weight excluding hydrogens is 431 g/mol. The minimum absolute atomic E-state index is 0.328. The Morgan fingerprint density at radius 3 is 2.57 bits per heavy atom. The Bertz CT molecular complexity index is 1100. The number of halogens is 2. The van der Waals surface area contributed by atoms with Crippen molar-refractivity contribution in [1.82, 2.24) is 9.88 Å². The second kappa shape index (κ2) is 9.48. The minimum Gasteiger partial charge on any atom is -0.448 e. The van der Waals surface area contributed by atoms with Crippen LogP contribution in [0.2, 0.25) is 10.0 Å². The molecular formula is C20H18Cl2N4O4. The molecule has 1 atom stereocenters. The average Bonchev–Trinajstić information content (AvgIpc) is 2.94. The number of urea groups is 1. The molecule has 0 radical (unpaired) electrons. The highest BCUT2D eigenvalue weighted by Crippen LogP contribution is 2.32. The van der Waals surface area contributed by atoms with E-state index in [0.717, 1.165) is 5.69 Å². The van der Waals surface area contributed by atoms with Crippen molar-refractivity contribution in [2.45, 2.75) is 26.9 Å². The number of aromatic nitrogens is 1. The van der Waals surface area contributed by atoms with Gasteiger partial charge in [-0.2, -0.15) is 5.26 Å². The summed E-state index contributed by atoms with van der Waals surface area (Å²) in [7, 11) is 0. The standard InChI is InChI=1S/C20H18Cl2N4O4/c1-10-7-13(11(2)26(10)16-6-4-5-15(21)17(16)22)8-14(9-23)19(28)30-12(3)18(27)25-20(24)29/h4-8,12H,1-3H3,(H3,24,25,27,29)/b14-8+/t12-/m1/s1.